The van der Waals surface area contributed by atoms with Crippen LogP contribution in [0.25, 0.3) is 11.1 Å². The standard InChI is InChI=1S/C26H38/c1-5-9-16-23-20-22(14-7-3)24(15-8-4)26(25(23)19-10-6-2)21-17-12-11-13-18-21/h11-13,17-18,20H,5-10,14-16,19H2,1-4H3. The maximum Gasteiger partial charge on any atom is -0.0114 e. The quantitative estimate of drug-likeness (QED) is 0.386. The summed E-state index contributed by atoms with van der Waals surface area (Å²) in [6.07, 6.45) is 12.4. The van der Waals surface area contributed by atoms with Gasteiger partial charge in [0.05, 0.1) is 0 Å². The molecule has 0 unspecified atom stereocenters. The van der Waals surface area contributed by atoms with Crippen molar-refractivity contribution >= 4 is 0 Å². The summed E-state index contributed by atoms with van der Waals surface area (Å²) in [7, 11) is 0. The third kappa shape index (κ3) is 5.22. The van der Waals surface area contributed by atoms with Crippen LogP contribution in [-0.2, 0) is 25.7 Å². The third-order valence-corrected chi connectivity index (χ3v) is 5.39. The van der Waals surface area contributed by atoms with Crippen molar-refractivity contribution in [1.29, 1.82) is 0 Å². The average Bonchev–Trinajstić information content (AvgIpc) is 2.67. The minimum atomic E-state index is 1.20. The van der Waals surface area contributed by atoms with E-state index in [1.807, 2.05) is 0 Å². The summed E-state index contributed by atoms with van der Waals surface area (Å²) in [6.45, 7) is 9.25. The summed E-state index contributed by atoms with van der Waals surface area (Å²) in [5.41, 5.74) is 9.53. The molecule has 0 amide bonds. The molecule has 0 spiro atoms. The molecule has 0 nitrogen and oxygen atoms in total. The molecule has 0 aromatic heterocycles. The number of rotatable bonds is 11. The molecule has 142 valence electrons. The van der Waals surface area contributed by atoms with Gasteiger partial charge < -0.3 is 0 Å². The second-order valence-corrected chi connectivity index (χ2v) is 7.60. The maximum absolute atomic E-state index is 2.58. The van der Waals surface area contributed by atoms with Crippen molar-refractivity contribution in [3.05, 3.63) is 58.7 Å². The van der Waals surface area contributed by atoms with E-state index in [4.69, 9.17) is 0 Å². The van der Waals surface area contributed by atoms with Crippen LogP contribution in [0.3, 0.4) is 0 Å². The highest BCUT2D eigenvalue weighted by molar-refractivity contribution is 5.74. The lowest BCUT2D eigenvalue weighted by molar-refractivity contribution is 0.752. The molecule has 0 saturated heterocycles. The minimum absolute atomic E-state index is 1.20. The number of benzene rings is 2. The van der Waals surface area contributed by atoms with Crippen LogP contribution in [0.2, 0.25) is 0 Å². The predicted octanol–water partition coefficient (Wildman–Crippen LogP) is 7.94. The highest BCUT2D eigenvalue weighted by Crippen LogP contribution is 2.36. The van der Waals surface area contributed by atoms with Crippen LogP contribution in [0, 0.1) is 0 Å². The number of hydrogen-bond donors (Lipinski definition) is 0. The third-order valence-electron chi connectivity index (χ3n) is 5.39. The summed E-state index contributed by atoms with van der Waals surface area (Å²) in [4.78, 5) is 0. The Labute approximate surface area is 162 Å². The fourth-order valence-electron chi connectivity index (χ4n) is 4.10. The minimum Gasteiger partial charge on any atom is -0.0654 e. The molecule has 2 aromatic rings. The topological polar surface area (TPSA) is 0 Å². The largest absolute Gasteiger partial charge is 0.0654 e. The first-order valence-corrected chi connectivity index (χ1v) is 11.0. The monoisotopic (exact) mass is 350 g/mol. The van der Waals surface area contributed by atoms with E-state index in [-0.39, 0.29) is 0 Å². The summed E-state index contributed by atoms with van der Waals surface area (Å²) in [5.74, 6) is 0. The average molecular weight is 351 g/mol. The number of aryl methyl sites for hydroxylation is 2. The molecule has 0 atom stereocenters. The number of hydrogen-bond acceptors (Lipinski definition) is 0. The Morgan fingerprint density at radius 2 is 1.15 bits per heavy atom. The van der Waals surface area contributed by atoms with Gasteiger partial charge in [0.2, 0.25) is 0 Å². The van der Waals surface area contributed by atoms with E-state index in [9.17, 15) is 0 Å². The fourth-order valence-corrected chi connectivity index (χ4v) is 4.10. The molecule has 2 aromatic carbocycles. The SMILES string of the molecule is CCCCc1cc(CCC)c(CCC)c(-c2ccccc2)c1CCCC. The summed E-state index contributed by atoms with van der Waals surface area (Å²) in [6, 6.07) is 13.8. The Balaban J connectivity index is 2.71. The molecule has 0 fully saturated rings. The second kappa shape index (κ2) is 11.2. The van der Waals surface area contributed by atoms with Crippen LogP contribution in [0.4, 0.5) is 0 Å². The lowest BCUT2D eigenvalue weighted by atomic mass is 9.81. The van der Waals surface area contributed by atoms with Crippen molar-refractivity contribution in [3.63, 3.8) is 0 Å². The van der Waals surface area contributed by atoms with Gasteiger partial charge in [0.25, 0.3) is 0 Å². The molecule has 0 radical (unpaired) electrons. The molecule has 0 heterocycles. The predicted molar refractivity (Wildman–Crippen MR) is 117 cm³/mol. The Bertz CT molecular complexity index is 651. The molecule has 2 rings (SSSR count). The first kappa shape index (κ1) is 20.7. The molecular formula is C26H38. The van der Waals surface area contributed by atoms with Crippen LogP contribution in [0.15, 0.2) is 36.4 Å². The van der Waals surface area contributed by atoms with Gasteiger partial charge in [-0.3, -0.25) is 0 Å². The van der Waals surface area contributed by atoms with Gasteiger partial charge in [-0.05, 0) is 71.9 Å². The van der Waals surface area contributed by atoms with Crippen molar-refractivity contribution in [2.24, 2.45) is 0 Å². The fraction of sp³-hybridized carbons (Fsp3) is 0.538. The highest BCUT2D eigenvalue weighted by Gasteiger charge is 2.18. The lowest BCUT2D eigenvalue weighted by Crippen LogP contribution is -2.07. The van der Waals surface area contributed by atoms with E-state index in [2.05, 4.69) is 64.1 Å². The Morgan fingerprint density at radius 1 is 0.577 bits per heavy atom. The molecule has 0 saturated carbocycles. The molecule has 0 aliphatic heterocycles. The zero-order chi connectivity index (χ0) is 18.8. The van der Waals surface area contributed by atoms with Gasteiger partial charge in [0.15, 0.2) is 0 Å². The first-order chi connectivity index (χ1) is 12.8. The highest BCUT2D eigenvalue weighted by atomic mass is 14.2. The van der Waals surface area contributed by atoms with Crippen molar-refractivity contribution in [3.8, 4) is 11.1 Å². The van der Waals surface area contributed by atoms with E-state index in [1.54, 1.807) is 27.8 Å². The number of unbranched alkanes of at least 4 members (excludes halogenated alkanes) is 2. The summed E-state index contributed by atoms with van der Waals surface area (Å²) in [5, 5.41) is 0. The maximum atomic E-state index is 2.58. The molecule has 0 heteroatoms. The van der Waals surface area contributed by atoms with Crippen LogP contribution in [-0.4, -0.2) is 0 Å². The summed E-state index contributed by atoms with van der Waals surface area (Å²) >= 11 is 0. The zero-order valence-corrected chi connectivity index (χ0v) is 17.5. The van der Waals surface area contributed by atoms with Gasteiger partial charge in [0.1, 0.15) is 0 Å². The molecule has 0 aliphatic rings. The summed E-state index contributed by atoms with van der Waals surface area (Å²) < 4.78 is 0. The Hall–Kier alpha value is -1.56. The Morgan fingerprint density at radius 3 is 1.77 bits per heavy atom. The normalized spacial score (nSPS) is 11.1. The van der Waals surface area contributed by atoms with E-state index in [1.165, 1.54) is 69.8 Å². The van der Waals surface area contributed by atoms with Crippen LogP contribution >= 0.6 is 0 Å². The molecule has 0 bridgehead atoms. The van der Waals surface area contributed by atoms with Crippen LogP contribution in [0.1, 0.15) is 88.5 Å². The van der Waals surface area contributed by atoms with Gasteiger partial charge in [-0.25, -0.2) is 0 Å². The van der Waals surface area contributed by atoms with Gasteiger partial charge >= 0.3 is 0 Å². The van der Waals surface area contributed by atoms with E-state index in [0.717, 1.165) is 0 Å². The van der Waals surface area contributed by atoms with Crippen LogP contribution in [0.5, 0.6) is 0 Å². The van der Waals surface area contributed by atoms with Gasteiger partial charge in [-0.2, -0.15) is 0 Å². The first-order valence-electron chi connectivity index (χ1n) is 11.0. The van der Waals surface area contributed by atoms with E-state index in [0.29, 0.717) is 0 Å². The Kier molecular flexibility index (Phi) is 8.95. The van der Waals surface area contributed by atoms with Gasteiger partial charge in [0, 0.05) is 0 Å². The van der Waals surface area contributed by atoms with Crippen molar-refractivity contribution in [2.45, 2.75) is 91.9 Å². The second-order valence-electron chi connectivity index (χ2n) is 7.60. The van der Waals surface area contributed by atoms with Crippen molar-refractivity contribution in [2.75, 3.05) is 0 Å². The van der Waals surface area contributed by atoms with Crippen LogP contribution < -0.4 is 0 Å². The lowest BCUT2D eigenvalue weighted by Gasteiger charge is -2.23. The van der Waals surface area contributed by atoms with Gasteiger partial charge in [-0.1, -0.05) is 89.8 Å². The molecular weight excluding hydrogens is 312 g/mol. The molecule has 0 N–H and O–H groups in total. The molecule has 0 aliphatic carbocycles. The van der Waals surface area contributed by atoms with Crippen molar-refractivity contribution in [1.82, 2.24) is 0 Å². The van der Waals surface area contributed by atoms with Gasteiger partial charge in [-0.15, -0.1) is 0 Å². The van der Waals surface area contributed by atoms with Crippen molar-refractivity contribution < 1.29 is 0 Å². The zero-order valence-electron chi connectivity index (χ0n) is 17.5. The molecule has 26 heavy (non-hydrogen) atoms. The van der Waals surface area contributed by atoms with E-state index >= 15 is 0 Å². The smallest absolute Gasteiger partial charge is 0.0114 e. The van der Waals surface area contributed by atoms with E-state index < -0.39 is 0 Å².